The lowest BCUT2D eigenvalue weighted by molar-refractivity contribution is -0.145. The molecule has 0 saturated heterocycles. The highest BCUT2D eigenvalue weighted by Crippen LogP contribution is 2.06. The fourth-order valence-corrected chi connectivity index (χ4v) is 1.78. The minimum atomic E-state index is -0.222. The second-order valence-corrected chi connectivity index (χ2v) is 4.77. The first-order valence-electron chi connectivity index (χ1n) is 7.43. The lowest BCUT2D eigenvalue weighted by atomic mass is 10.1. The molecule has 0 aliphatic carbocycles. The van der Waals surface area contributed by atoms with Crippen molar-refractivity contribution in [3.63, 3.8) is 0 Å². The quantitative estimate of drug-likeness (QED) is 0.402. The summed E-state index contributed by atoms with van der Waals surface area (Å²) < 4.78 is 9.65. The monoisotopic (exact) mass is 272 g/mol. The Hall–Kier alpha value is -1.06. The molecule has 0 bridgehead atoms. The van der Waals surface area contributed by atoms with Gasteiger partial charge in [0.05, 0.1) is 13.7 Å². The van der Waals surface area contributed by atoms with E-state index < -0.39 is 0 Å². The van der Waals surface area contributed by atoms with Crippen LogP contribution in [0.4, 0.5) is 0 Å². The van der Waals surface area contributed by atoms with E-state index in [2.05, 4.69) is 11.7 Å². The van der Waals surface area contributed by atoms with Gasteiger partial charge in [0.2, 0.25) is 0 Å². The van der Waals surface area contributed by atoms with Gasteiger partial charge in [-0.1, -0.05) is 39.0 Å². The average Bonchev–Trinajstić information content (AvgIpc) is 2.42. The highest BCUT2D eigenvalue weighted by atomic mass is 16.5. The topological polar surface area (TPSA) is 52.6 Å². The first kappa shape index (κ1) is 17.9. The number of rotatable bonds is 12. The molecule has 0 aromatic carbocycles. The molecular formula is C15H28O4. The van der Waals surface area contributed by atoms with Crippen molar-refractivity contribution in [1.29, 1.82) is 0 Å². The zero-order valence-corrected chi connectivity index (χ0v) is 12.4. The van der Waals surface area contributed by atoms with E-state index in [-0.39, 0.29) is 11.9 Å². The summed E-state index contributed by atoms with van der Waals surface area (Å²) in [5.41, 5.74) is 0. The lowest BCUT2D eigenvalue weighted by Crippen LogP contribution is -2.06. The molecule has 0 spiro atoms. The molecule has 0 aromatic rings. The largest absolute Gasteiger partial charge is 0.469 e. The fourth-order valence-electron chi connectivity index (χ4n) is 1.78. The molecule has 0 aromatic heterocycles. The molecule has 0 amide bonds. The second kappa shape index (κ2) is 13.4. The first-order valence-corrected chi connectivity index (χ1v) is 7.43. The maximum Gasteiger partial charge on any atom is 0.305 e. The third kappa shape index (κ3) is 13.2. The molecule has 0 aliphatic rings. The Balaban J connectivity index is 3.23. The van der Waals surface area contributed by atoms with E-state index in [0.717, 1.165) is 12.8 Å². The van der Waals surface area contributed by atoms with Crippen LogP contribution < -0.4 is 0 Å². The Bertz CT molecular complexity index is 238. The summed E-state index contributed by atoms with van der Waals surface area (Å²) in [6, 6.07) is 0. The molecule has 0 heterocycles. The second-order valence-electron chi connectivity index (χ2n) is 4.77. The summed E-state index contributed by atoms with van der Waals surface area (Å²) in [4.78, 5) is 22.2. The van der Waals surface area contributed by atoms with Crippen LogP contribution in [0.1, 0.15) is 71.1 Å². The number of methoxy groups -OCH3 is 1. The number of hydrogen-bond acceptors (Lipinski definition) is 4. The number of unbranched alkanes of at least 4 members (excludes halogenated alkanes) is 6. The minimum Gasteiger partial charge on any atom is -0.469 e. The lowest BCUT2D eigenvalue weighted by Gasteiger charge is -2.04. The van der Waals surface area contributed by atoms with Gasteiger partial charge in [0.15, 0.2) is 0 Å². The Morgan fingerprint density at radius 3 is 2.00 bits per heavy atom. The molecule has 0 saturated carbocycles. The van der Waals surface area contributed by atoms with Crippen molar-refractivity contribution in [3.05, 3.63) is 0 Å². The number of carbonyl (C=O) groups is 2. The molecule has 0 rings (SSSR count). The number of hydrogen-bond donors (Lipinski definition) is 0. The van der Waals surface area contributed by atoms with Gasteiger partial charge in [0.1, 0.15) is 0 Å². The third-order valence-corrected chi connectivity index (χ3v) is 3.00. The molecular weight excluding hydrogens is 244 g/mol. The van der Waals surface area contributed by atoms with E-state index in [1.165, 1.54) is 32.8 Å². The maximum absolute atomic E-state index is 11.4. The molecule has 4 heteroatoms. The molecule has 0 radical (unpaired) electrons. The summed E-state index contributed by atoms with van der Waals surface area (Å²) in [5.74, 6) is -0.376. The normalized spacial score (nSPS) is 10.2. The first-order chi connectivity index (χ1) is 9.20. The molecule has 19 heavy (non-hydrogen) atoms. The molecule has 112 valence electrons. The summed E-state index contributed by atoms with van der Waals surface area (Å²) >= 11 is 0. The smallest absolute Gasteiger partial charge is 0.305 e. The Labute approximate surface area is 116 Å². The maximum atomic E-state index is 11.4. The highest BCUT2D eigenvalue weighted by molar-refractivity contribution is 5.70. The number of carbonyl (C=O) groups excluding carboxylic acids is 2. The van der Waals surface area contributed by atoms with Crippen molar-refractivity contribution >= 4 is 11.9 Å². The van der Waals surface area contributed by atoms with Crippen LogP contribution in [-0.4, -0.2) is 25.7 Å². The van der Waals surface area contributed by atoms with Gasteiger partial charge >= 0.3 is 11.9 Å². The fraction of sp³-hybridized carbons (Fsp3) is 0.867. The molecule has 0 unspecified atom stereocenters. The van der Waals surface area contributed by atoms with Gasteiger partial charge in [-0.2, -0.15) is 0 Å². The van der Waals surface area contributed by atoms with Crippen LogP contribution in [0, 0.1) is 0 Å². The molecule has 0 fully saturated rings. The van der Waals surface area contributed by atoms with Crippen LogP contribution in [0.15, 0.2) is 0 Å². The van der Waals surface area contributed by atoms with Gasteiger partial charge in [-0.05, 0) is 19.3 Å². The number of ether oxygens (including phenoxy) is 2. The summed E-state index contributed by atoms with van der Waals surface area (Å²) in [5, 5.41) is 0. The number of esters is 2. The van der Waals surface area contributed by atoms with Crippen LogP contribution in [0.2, 0.25) is 0 Å². The van der Waals surface area contributed by atoms with E-state index >= 15 is 0 Å². The molecule has 4 nitrogen and oxygen atoms in total. The van der Waals surface area contributed by atoms with Crippen molar-refractivity contribution in [3.8, 4) is 0 Å². The van der Waals surface area contributed by atoms with Gasteiger partial charge in [-0.15, -0.1) is 0 Å². The van der Waals surface area contributed by atoms with E-state index in [1.54, 1.807) is 0 Å². The van der Waals surface area contributed by atoms with Gasteiger partial charge in [-0.3, -0.25) is 9.59 Å². The van der Waals surface area contributed by atoms with Crippen LogP contribution in [0.3, 0.4) is 0 Å². The van der Waals surface area contributed by atoms with E-state index in [9.17, 15) is 9.59 Å². The summed E-state index contributed by atoms with van der Waals surface area (Å²) in [7, 11) is 1.37. The Morgan fingerprint density at radius 1 is 0.789 bits per heavy atom. The predicted octanol–water partition coefficient (Wildman–Crippen LogP) is 3.62. The van der Waals surface area contributed by atoms with E-state index in [0.29, 0.717) is 32.3 Å². The Kier molecular flexibility index (Phi) is 12.6. The third-order valence-electron chi connectivity index (χ3n) is 3.00. The van der Waals surface area contributed by atoms with E-state index in [4.69, 9.17) is 4.74 Å². The molecule has 0 atom stereocenters. The van der Waals surface area contributed by atoms with Crippen molar-refractivity contribution in [1.82, 2.24) is 0 Å². The van der Waals surface area contributed by atoms with E-state index in [1.807, 2.05) is 0 Å². The SMILES string of the molecule is CCCCCCCCOC(=O)CCCCC(=O)OC. The van der Waals surface area contributed by atoms with Gasteiger partial charge in [-0.25, -0.2) is 0 Å². The van der Waals surface area contributed by atoms with Crippen molar-refractivity contribution in [2.45, 2.75) is 71.1 Å². The molecule has 0 aliphatic heterocycles. The standard InChI is InChI=1S/C15H28O4/c1-3-4-5-6-7-10-13-19-15(17)12-9-8-11-14(16)18-2/h3-13H2,1-2H3. The van der Waals surface area contributed by atoms with Crippen molar-refractivity contribution in [2.24, 2.45) is 0 Å². The van der Waals surface area contributed by atoms with Gasteiger partial charge < -0.3 is 9.47 Å². The zero-order valence-electron chi connectivity index (χ0n) is 12.4. The van der Waals surface area contributed by atoms with Crippen LogP contribution in [0.5, 0.6) is 0 Å². The molecule has 0 N–H and O–H groups in total. The van der Waals surface area contributed by atoms with Crippen molar-refractivity contribution in [2.75, 3.05) is 13.7 Å². The van der Waals surface area contributed by atoms with Gasteiger partial charge in [0.25, 0.3) is 0 Å². The zero-order chi connectivity index (χ0) is 14.3. The highest BCUT2D eigenvalue weighted by Gasteiger charge is 2.04. The van der Waals surface area contributed by atoms with Crippen LogP contribution in [-0.2, 0) is 19.1 Å². The van der Waals surface area contributed by atoms with Crippen molar-refractivity contribution < 1.29 is 19.1 Å². The van der Waals surface area contributed by atoms with Crippen LogP contribution in [0.25, 0.3) is 0 Å². The summed E-state index contributed by atoms with van der Waals surface area (Å²) in [6.45, 7) is 2.73. The average molecular weight is 272 g/mol. The predicted molar refractivity (Wildman–Crippen MR) is 74.8 cm³/mol. The Morgan fingerprint density at radius 2 is 1.37 bits per heavy atom. The van der Waals surface area contributed by atoms with Gasteiger partial charge in [0, 0.05) is 12.8 Å². The van der Waals surface area contributed by atoms with Crippen LogP contribution >= 0.6 is 0 Å². The minimum absolute atomic E-state index is 0.154. The summed E-state index contributed by atoms with van der Waals surface area (Å²) in [6.07, 6.45) is 9.27.